The molecule has 2 unspecified atom stereocenters. The standard InChI is InChI=1S/C27H44O/c1-18(11-16-28)20-10-12-25(6)22-8-7-21-23(3,4)19(2)9-13-26(21)17-27(22,26)15-14-24(20,25)5/h16,18-22H,7-15,17H2,1-6H3/t18-,19+,20-,21?,22?,24-,25+,26-,27+/m1/s1. The first-order chi connectivity index (χ1) is 13.1. The number of carbonyl (C=O) groups excluding carboxylic acids is 1. The lowest BCUT2D eigenvalue weighted by Gasteiger charge is -2.63. The molecule has 0 aromatic carbocycles. The maximum absolute atomic E-state index is 11.2. The molecule has 0 N–H and O–H groups in total. The van der Waals surface area contributed by atoms with Gasteiger partial charge in [-0.25, -0.2) is 0 Å². The second-order valence-electron chi connectivity index (χ2n) is 13.3. The van der Waals surface area contributed by atoms with Crippen LogP contribution in [0.2, 0.25) is 0 Å². The minimum absolute atomic E-state index is 0.458. The largest absolute Gasteiger partial charge is 0.303 e. The second kappa shape index (κ2) is 5.67. The van der Waals surface area contributed by atoms with Crippen molar-refractivity contribution in [2.24, 2.45) is 56.7 Å². The SMILES string of the molecule is C[C@H](CC=O)[C@H]1CC[C@@]2(C)C3CCC4C(C)(C)[C@@H](C)CC[C@@]45C[C@@]35CC[C@]12C. The van der Waals surface area contributed by atoms with E-state index in [4.69, 9.17) is 0 Å². The van der Waals surface area contributed by atoms with Crippen LogP contribution in [0.1, 0.15) is 106 Å². The molecule has 5 aliphatic rings. The minimum atomic E-state index is 0.458. The molecule has 2 spiro atoms. The van der Waals surface area contributed by atoms with Crippen LogP contribution in [-0.2, 0) is 4.79 Å². The molecule has 0 heterocycles. The predicted molar refractivity (Wildman–Crippen MR) is 116 cm³/mol. The number of aldehydes is 1. The van der Waals surface area contributed by atoms with Gasteiger partial charge in [-0.3, -0.25) is 0 Å². The van der Waals surface area contributed by atoms with Crippen molar-refractivity contribution in [2.45, 2.75) is 106 Å². The lowest BCUT2D eigenvalue weighted by molar-refractivity contribution is -0.149. The Hall–Kier alpha value is -0.330. The zero-order valence-corrected chi connectivity index (χ0v) is 19.4. The monoisotopic (exact) mass is 384 g/mol. The molecule has 0 aromatic heterocycles. The Morgan fingerprint density at radius 3 is 2.25 bits per heavy atom. The van der Waals surface area contributed by atoms with E-state index in [0.29, 0.717) is 33.0 Å². The van der Waals surface area contributed by atoms with Gasteiger partial charge in [-0.15, -0.1) is 0 Å². The van der Waals surface area contributed by atoms with Gasteiger partial charge in [0.2, 0.25) is 0 Å². The van der Waals surface area contributed by atoms with Gasteiger partial charge in [0.15, 0.2) is 0 Å². The van der Waals surface area contributed by atoms with Crippen LogP contribution in [0.4, 0.5) is 0 Å². The van der Waals surface area contributed by atoms with Crippen LogP contribution in [0, 0.1) is 56.7 Å². The van der Waals surface area contributed by atoms with Crippen LogP contribution in [0.5, 0.6) is 0 Å². The highest BCUT2D eigenvalue weighted by atomic mass is 16.1. The smallest absolute Gasteiger partial charge is 0.120 e. The summed E-state index contributed by atoms with van der Waals surface area (Å²) in [6.45, 7) is 15.5. The van der Waals surface area contributed by atoms with Crippen molar-refractivity contribution < 1.29 is 4.79 Å². The van der Waals surface area contributed by atoms with Gasteiger partial charge in [-0.1, -0.05) is 41.5 Å². The summed E-state index contributed by atoms with van der Waals surface area (Å²) < 4.78 is 0. The topological polar surface area (TPSA) is 17.1 Å². The lowest BCUT2D eigenvalue weighted by Crippen LogP contribution is -2.56. The molecule has 0 saturated heterocycles. The Morgan fingerprint density at radius 2 is 1.54 bits per heavy atom. The summed E-state index contributed by atoms with van der Waals surface area (Å²) in [5.41, 5.74) is 2.88. The van der Waals surface area contributed by atoms with Gasteiger partial charge >= 0.3 is 0 Å². The highest BCUT2D eigenvalue weighted by molar-refractivity contribution is 5.49. The van der Waals surface area contributed by atoms with Gasteiger partial charge < -0.3 is 4.79 Å². The van der Waals surface area contributed by atoms with Crippen LogP contribution in [0.3, 0.4) is 0 Å². The predicted octanol–water partition coefficient (Wildman–Crippen LogP) is 7.29. The first-order valence-corrected chi connectivity index (χ1v) is 12.5. The Kier molecular flexibility index (Phi) is 3.97. The normalized spacial score (nSPS) is 57.4. The summed E-state index contributed by atoms with van der Waals surface area (Å²) >= 11 is 0. The fourth-order valence-electron chi connectivity index (χ4n) is 10.8. The van der Waals surface area contributed by atoms with E-state index in [1.807, 2.05) is 0 Å². The van der Waals surface area contributed by atoms with Crippen molar-refractivity contribution >= 4 is 6.29 Å². The van der Waals surface area contributed by atoms with Crippen molar-refractivity contribution in [3.8, 4) is 0 Å². The van der Waals surface area contributed by atoms with E-state index in [0.717, 1.165) is 30.1 Å². The molecule has 1 nitrogen and oxygen atoms in total. The number of rotatable bonds is 3. The first kappa shape index (κ1) is 19.6. The number of hydrogen-bond donors (Lipinski definition) is 0. The molecule has 0 amide bonds. The molecular formula is C27H44O. The number of carbonyl (C=O) groups is 1. The van der Waals surface area contributed by atoms with Crippen molar-refractivity contribution in [1.29, 1.82) is 0 Å². The third-order valence-electron chi connectivity index (χ3n) is 12.9. The maximum atomic E-state index is 11.2. The Balaban J connectivity index is 1.50. The van der Waals surface area contributed by atoms with Gasteiger partial charge in [0, 0.05) is 6.42 Å². The Labute approximate surface area is 173 Å². The Morgan fingerprint density at radius 1 is 0.857 bits per heavy atom. The molecule has 5 rings (SSSR count). The summed E-state index contributed by atoms with van der Waals surface area (Å²) in [5.74, 6) is 4.14. The molecule has 28 heavy (non-hydrogen) atoms. The molecule has 5 saturated carbocycles. The molecular weight excluding hydrogens is 340 g/mol. The molecule has 0 radical (unpaired) electrons. The molecule has 0 aliphatic heterocycles. The van der Waals surface area contributed by atoms with E-state index < -0.39 is 0 Å². The zero-order chi connectivity index (χ0) is 20.2. The molecule has 158 valence electrons. The van der Waals surface area contributed by atoms with E-state index in [-0.39, 0.29) is 0 Å². The highest BCUT2D eigenvalue weighted by Gasteiger charge is 2.81. The number of fused-ring (bicyclic) bond motifs is 2. The fraction of sp³-hybridized carbons (Fsp3) is 0.963. The second-order valence-corrected chi connectivity index (χ2v) is 13.3. The molecule has 5 aliphatic carbocycles. The van der Waals surface area contributed by atoms with Crippen LogP contribution in [0.15, 0.2) is 0 Å². The summed E-state index contributed by atoms with van der Waals surface area (Å²) in [7, 11) is 0. The maximum Gasteiger partial charge on any atom is 0.120 e. The van der Waals surface area contributed by atoms with Gasteiger partial charge in [0.1, 0.15) is 6.29 Å². The molecule has 5 fully saturated rings. The van der Waals surface area contributed by atoms with Crippen molar-refractivity contribution in [3.05, 3.63) is 0 Å². The van der Waals surface area contributed by atoms with Crippen LogP contribution in [0.25, 0.3) is 0 Å². The van der Waals surface area contributed by atoms with Crippen molar-refractivity contribution in [2.75, 3.05) is 0 Å². The van der Waals surface area contributed by atoms with Crippen molar-refractivity contribution in [1.82, 2.24) is 0 Å². The van der Waals surface area contributed by atoms with Gasteiger partial charge in [-0.05, 0) is 114 Å². The first-order valence-electron chi connectivity index (χ1n) is 12.5. The average molecular weight is 385 g/mol. The van der Waals surface area contributed by atoms with E-state index in [2.05, 4.69) is 41.5 Å². The molecule has 1 heteroatoms. The fourth-order valence-corrected chi connectivity index (χ4v) is 10.8. The number of hydrogen-bond acceptors (Lipinski definition) is 1. The van der Waals surface area contributed by atoms with Gasteiger partial charge in [0.05, 0.1) is 0 Å². The zero-order valence-electron chi connectivity index (χ0n) is 19.4. The van der Waals surface area contributed by atoms with Gasteiger partial charge in [0.25, 0.3) is 0 Å². The quantitative estimate of drug-likeness (QED) is 0.467. The lowest BCUT2D eigenvalue weighted by atomic mass is 9.41. The van der Waals surface area contributed by atoms with Crippen LogP contribution >= 0.6 is 0 Å². The average Bonchev–Trinajstić information content (AvgIpc) is 3.22. The van der Waals surface area contributed by atoms with E-state index in [9.17, 15) is 4.79 Å². The van der Waals surface area contributed by atoms with E-state index >= 15 is 0 Å². The molecule has 0 aromatic rings. The summed E-state index contributed by atoms with van der Waals surface area (Å²) in [5, 5.41) is 0. The summed E-state index contributed by atoms with van der Waals surface area (Å²) in [6, 6.07) is 0. The third kappa shape index (κ3) is 1.99. The van der Waals surface area contributed by atoms with Crippen LogP contribution < -0.4 is 0 Å². The molecule has 0 bridgehead atoms. The summed E-state index contributed by atoms with van der Waals surface area (Å²) in [6.07, 6.45) is 15.2. The van der Waals surface area contributed by atoms with Crippen molar-refractivity contribution in [3.63, 3.8) is 0 Å². The third-order valence-corrected chi connectivity index (χ3v) is 12.9. The Bertz CT molecular complexity index is 680. The summed E-state index contributed by atoms with van der Waals surface area (Å²) in [4.78, 5) is 11.2. The van der Waals surface area contributed by atoms with Gasteiger partial charge in [-0.2, -0.15) is 0 Å². The van der Waals surface area contributed by atoms with Crippen LogP contribution in [-0.4, -0.2) is 6.29 Å². The van der Waals surface area contributed by atoms with E-state index in [1.54, 1.807) is 6.42 Å². The highest BCUT2D eigenvalue weighted by Crippen LogP contribution is 2.89. The minimum Gasteiger partial charge on any atom is -0.303 e. The van der Waals surface area contributed by atoms with E-state index in [1.165, 1.54) is 57.7 Å². The molecule has 9 atom stereocenters.